The fourth-order valence-corrected chi connectivity index (χ4v) is 1.95. The quantitative estimate of drug-likeness (QED) is 0.745. The molecule has 0 radical (unpaired) electrons. The highest BCUT2D eigenvalue weighted by Gasteiger charge is 2.18. The van der Waals surface area contributed by atoms with Crippen molar-refractivity contribution >= 4 is 5.97 Å². The molecule has 0 saturated carbocycles. The van der Waals surface area contributed by atoms with Crippen molar-refractivity contribution in [2.45, 2.75) is 45.1 Å². The van der Waals surface area contributed by atoms with E-state index in [2.05, 4.69) is 10.1 Å². The zero-order valence-electron chi connectivity index (χ0n) is 10.6. The molecule has 1 aliphatic heterocycles. The highest BCUT2D eigenvalue weighted by molar-refractivity contribution is 5.84. The van der Waals surface area contributed by atoms with E-state index in [1.54, 1.807) is 6.92 Å². The van der Waals surface area contributed by atoms with Crippen LogP contribution in [0.25, 0.3) is 0 Å². The van der Waals surface area contributed by atoms with Crippen molar-refractivity contribution in [3.63, 3.8) is 0 Å². The zero-order chi connectivity index (χ0) is 12.8. The Balaban J connectivity index is 1.80. The van der Waals surface area contributed by atoms with Gasteiger partial charge in [0.15, 0.2) is 0 Å². The molecule has 18 heavy (non-hydrogen) atoms. The van der Waals surface area contributed by atoms with Gasteiger partial charge in [-0.05, 0) is 37.8 Å². The van der Waals surface area contributed by atoms with Crippen molar-refractivity contribution in [2.24, 2.45) is 0 Å². The van der Waals surface area contributed by atoms with Crippen LogP contribution in [0.1, 0.15) is 49.1 Å². The molecule has 0 aromatic carbocycles. The molecular formula is C12H18N2O4. The number of hydrogen-bond donors (Lipinski definition) is 0. The minimum Gasteiger partial charge on any atom is -0.460 e. The van der Waals surface area contributed by atoms with E-state index in [4.69, 9.17) is 14.0 Å². The van der Waals surface area contributed by atoms with E-state index in [9.17, 15) is 4.79 Å². The van der Waals surface area contributed by atoms with Crippen molar-refractivity contribution in [3.8, 4) is 0 Å². The molecule has 0 aliphatic carbocycles. The van der Waals surface area contributed by atoms with E-state index in [1.165, 1.54) is 6.42 Å². The average molecular weight is 254 g/mol. The molecule has 1 saturated heterocycles. The molecular weight excluding hydrogens is 236 g/mol. The predicted octanol–water partition coefficient (Wildman–Crippen LogP) is 1.75. The summed E-state index contributed by atoms with van der Waals surface area (Å²) in [7, 11) is 0. The summed E-state index contributed by atoms with van der Waals surface area (Å²) in [5.41, 5.74) is 0. The van der Waals surface area contributed by atoms with Gasteiger partial charge in [-0.2, -0.15) is 4.98 Å². The van der Waals surface area contributed by atoms with Crippen LogP contribution in [0.5, 0.6) is 0 Å². The first-order valence-electron chi connectivity index (χ1n) is 6.41. The van der Waals surface area contributed by atoms with E-state index in [1.807, 2.05) is 0 Å². The largest absolute Gasteiger partial charge is 0.460 e. The standard InChI is InChI=1S/C12H18N2O4/c1-2-16-12(15)11-13-10(18-14-11)7-6-9-5-3-4-8-17-9/h9H,2-8H2,1H3. The molecule has 2 rings (SSSR count). The van der Waals surface area contributed by atoms with Gasteiger partial charge in [-0.3, -0.25) is 0 Å². The maximum absolute atomic E-state index is 11.3. The van der Waals surface area contributed by atoms with Crippen LogP contribution in [-0.2, 0) is 15.9 Å². The predicted molar refractivity (Wildman–Crippen MR) is 62.2 cm³/mol. The number of carbonyl (C=O) groups excluding carboxylic acids is 1. The number of nitrogens with zero attached hydrogens (tertiary/aromatic N) is 2. The van der Waals surface area contributed by atoms with E-state index in [0.717, 1.165) is 25.9 Å². The van der Waals surface area contributed by atoms with Gasteiger partial charge in [0, 0.05) is 13.0 Å². The van der Waals surface area contributed by atoms with Crippen LogP contribution in [0.2, 0.25) is 0 Å². The molecule has 0 spiro atoms. The SMILES string of the molecule is CCOC(=O)c1noc(CCC2CCCCO2)n1. The molecule has 1 aromatic rings. The summed E-state index contributed by atoms with van der Waals surface area (Å²) in [5.74, 6) is -0.0787. The van der Waals surface area contributed by atoms with Gasteiger partial charge < -0.3 is 14.0 Å². The molecule has 1 unspecified atom stereocenters. The Morgan fingerprint density at radius 1 is 1.50 bits per heavy atom. The van der Waals surface area contributed by atoms with Crippen molar-refractivity contribution in [1.82, 2.24) is 10.1 Å². The van der Waals surface area contributed by atoms with Gasteiger partial charge in [-0.25, -0.2) is 4.79 Å². The smallest absolute Gasteiger partial charge is 0.379 e. The lowest BCUT2D eigenvalue weighted by Crippen LogP contribution is -2.19. The van der Waals surface area contributed by atoms with Crippen molar-refractivity contribution in [1.29, 1.82) is 0 Å². The number of hydrogen-bond acceptors (Lipinski definition) is 6. The van der Waals surface area contributed by atoms with Crippen molar-refractivity contribution in [3.05, 3.63) is 11.7 Å². The minimum absolute atomic E-state index is 0.00332. The summed E-state index contributed by atoms with van der Waals surface area (Å²) in [6.45, 7) is 2.88. The first-order valence-corrected chi connectivity index (χ1v) is 6.41. The summed E-state index contributed by atoms with van der Waals surface area (Å²) in [6, 6.07) is 0. The van der Waals surface area contributed by atoms with Gasteiger partial charge in [0.1, 0.15) is 0 Å². The molecule has 2 heterocycles. The van der Waals surface area contributed by atoms with Gasteiger partial charge >= 0.3 is 5.97 Å². The molecule has 6 heteroatoms. The lowest BCUT2D eigenvalue weighted by Gasteiger charge is -2.21. The van der Waals surface area contributed by atoms with Crippen LogP contribution in [0.3, 0.4) is 0 Å². The first kappa shape index (κ1) is 13.0. The van der Waals surface area contributed by atoms with Crippen LogP contribution in [0.15, 0.2) is 4.52 Å². The fraction of sp³-hybridized carbons (Fsp3) is 0.750. The lowest BCUT2D eigenvalue weighted by molar-refractivity contribution is 0.0104. The lowest BCUT2D eigenvalue weighted by atomic mass is 10.0. The third-order valence-corrected chi connectivity index (χ3v) is 2.88. The molecule has 0 N–H and O–H groups in total. The first-order chi connectivity index (χ1) is 8.79. The van der Waals surface area contributed by atoms with E-state index < -0.39 is 5.97 Å². The van der Waals surface area contributed by atoms with E-state index >= 15 is 0 Å². The van der Waals surface area contributed by atoms with Gasteiger partial charge in [0.25, 0.3) is 5.82 Å². The normalized spacial score (nSPS) is 19.7. The number of rotatable bonds is 5. The molecule has 0 amide bonds. The summed E-state index contributed by atoms with van der Waals surface area (Å²) >= 11 is 0. The van der Waals surface area contributed by atoms with Crippen LogP contribution >= 0.6 is 0 Å². The van der Waals surface area contributed by atoms with E-state index in [0.29, 0.717) is 18.9 Å². The summed E-state index contributed by atoms with van der Waals surface area (Å²) < 4.78 is 15.4. The van der Waals surface area contributed by atoms with Gasteiger partial charge in [0.05, 0.1) is 12.7 Å². The topological polar surface area (TPSA) is 74.5 Å². The summed E-state index contributed by atoms with van der Waals surface area (Å²) in [4.78, 5) is 15.3. The Bertz CT molecular complexity index is 385. The Morgan fingerprint density at radius 3 is 3.11 bits per heavy atom. The molecule has 1 aliphatic rings. The second-order valence-electron chi connectivity index (χ2n) is 4.26. The molecule has 6 nitrogen and oxygen atoms in total. The molecule has 0 bridgehead atoms. The Hall–Kier alpha value is -1.43. The second-order valence-corrected chi connectivity index (χ2v) is 4.26. The number of ether oxygens (including phenoxy) is 2. The van der Waals surface area contributed by atoms with Crippen LogP contribution < -0.4 is 0 Å². The maximum atomic E-state index is 11.3. The Labute approximate surface area is 106 Å². The van der Waals surface area contributed by atoms with Crippen LogP contribution in [-0.4, -0.2) is 35.4 Å². The molecule has 1 aromatic heterocycles. The van der Waals surface area contributed by atoms with Crippen molar-refractivity contribution in [2.75, 3.05) is 13.2 Å². The average Bonchev–Trinajstić information content (AvgIpc) is 2.87. The zero-order valence-corrected chi connectivity index (χ0v) is 10.6. The van der Waals surface area contributed by atoms with E-state index in [-0.39, 0.29) is 11.9 Å². The fourth-order valence-electron chi connectivity index (χ4n) is 1.95. The third-order valence-electron chi connectivity index (χ3n) is 2.88. The third kappa shape index (κ3) is 3.53. The van der Waals surface area contributed by atoms with Gasteiger partial charge in [0.2, 0.25) is 5.89 Å². The number of esters is 1. The highest BCUT2D eigenvalue weighted by atomic mass is 16.5. The molecule has 1 atom stereocenters. The molecule has 100 valence electrons. The van der Waals surface area contributed by atoms with Crippen LogP contribution in [0, 0.1) is 0 Å². The second kappa shape index (κ2) is 6.49. The Kier molecular flexibility index (Phi) is 4.69. The number of aryl methyl sites for hydroxylation is 1. The van der Waals surface area contributed by atoms with Crippen LogP contribution in [0.4, 0.5) is 0 Å². The molecule has 1 fully saturated rings. The summed E-state index contributed by atoms with van der Waals surface area (Å²) in [6.07, 6.45) is 5.20. The minimum atomic E-state index is -0.540. The monoisotopic (exact) mass is 254 g/mol. The number of aromatic nitrogens is 2. The van der Waals surface area contributed by atoms with Gasteiger partial charge in [-0.15, -0.1) is 0 Å². The van der Waals surface area contributed by atoms with Crippen molar-refractivity contribution < 1.29 is 18.8 Å². The Morgan fingerprint density at radius 2 is 2.39 bits per heavy atom. The maximum Gasteiger partial charge on any atom is 0.379 e. The number of carbonyl (C=O) groups is 1. The highest BCUT2D eigenvalue weighted by Crippen LogP contribution is 2.17. The van der Waals surface area contributed by atoms with Gasteiger partial charge in [-0.1, -0.05) is 0 Å². The summed E-state index contributed by atoms with van der Waals surface area (Å²) in [5, 5.41) is 3.60.